The number of hydrogen-bond donors (Lipinski definition) is 1. The van der Waals surface area contributed by atoms with E-state index in [1.807, 2.05) is 13.0 Å². The highest BCUT2D eigenvalue weighted by atomic mass is 16.5. The molecule has 2 rings (SSSR count). The Morgan fingerprint density at radius 1 is 1.30 bits per heavy atom. The second-order valence-corrected chi connectivity index (χ2v) is 4.05. The molecule has 0 saturated heterocycles. The van der Waals surface area contributed by atoms with E-state index in [1.54, 1.807) is 30.6 Å². The van der Waals surface area contributed by atoms with Gasteiger partial charge in [0.1, 0.15) is 23.7 Å². The standard InChI is InChI=1S/C15H15NO4/c1-2-19-12-5-6-14(13(8-12)15(17)18)20-10-11-4-3-7-16-9-11/h3-9H,2,10H2,1H3,(H,17,18). The molecule has 0 radical (unpaired) electrons. The second kappa shape index (κ2) is 6.56. The number of aromatic carboxylic acids is 1. The molecule has 5 heteroatoms. The summed E-state index contributed by atoms with van der Waals surface area (Å²) >= 11 is 0. The van der Waals surface area contributed by atoms with E-state index in [0.717, 1.165) is 5.56 Å². The van der Waals surface area contributed by atoms with Crippen LogP contribution in [0, 0.1) is 0 Å². The van der Waals surface area contributed by atoms with Gasteiger partial charge in [0.2, 0.25) is 0 Å². The zero-order valence-electron chi connectivity index (χ0n) is 11.1. The van der Waals surface area contributed by atoms with Crippen LogP contribution in [0.4, 0.5) is 0 Å². The van der Waals surface area contributed by atoms with Crippen LogP contribution in [-0.4, -0.2) is 22.7 Å². The molecule has 20 heavy (non-hydrogen) atoms. The maximum absolute atomic E-state index is 11.2. The third-order valence-electron chi connectivity index (χ3n) is 2.61. The first-order valence-corrected chi connectivity index (χ1v) is 6.22. The summed E-state index contributed by atoms with van der Waals surface area (Å²) in [5.41, 5.74) is 0.956. The number of aromatic nitrogens is 1. The van der Waals surface area contributed by atoms with Gasteiger partial charge in [0.25, 0.3) is 0 Å². The Kier molecular flexibility index (Phi) is 4.55. The van der Waals surface area contributed by atoms with Crippen molar-refractivity contribution in [1.82, 2.24) is 4.98 Å². The van der Waals surface area contributed by atoms with Gasteiger partial charge >= 0.3 is 5.97 Å². The maximum Gasteiger partial charge on any atom is 0.339 e. The van der Waals surface area contributed by atoms with Crippen molar-refractivity contribution in [2.24, 2.45) is 0 Å². The lowest BCUT2D eigenvalue weighted by atomic mass is 10.2. The van der Waals surface area contributed by atoms with Crippen LogP contribution in [0.1, 0.15) is 22.8 Å². The van der Waals surface area contributed by atoms with E-state index in [-0.39, 0.29) is 12.2 Å². The Morgan fingerprint density at radius 3 is 2.80 bits per heavy atom. The summed E-state index contributed by atoms with van der Waals surface area (Å²) in [6.07, 6.45) is 3.35. The minimum Gasteiger partial charge on any atom is -0.494 e. The monoisotopic (exact) mass is 273 g/mol. The Bertz CT molecular complexity index is 584. The zero-order chi connectivity index (χ0) is 14.4. The molecule has 1 aromatic heterocycles. The predicted octanol–water partition coefficient (Wildman–Crippen LogP) is 2.76. The lowest BCUT2D eigenvalue weighted by molar-refractivity contribution is 0.0691. The fourth-order valence-corrected chi connectivity index (χ4v) is 1.70. The van der Waals surface area contributed by atoms with Gasteiger partial charge in [-0.25, -0.2) is 4.79 Å². The van der Waals surface area contributed by atoms with Crippen molar-refractivity contribution >= 4 is 5.97 Å². The highest BCUT2D eigenvalue weighted by Crippen LogP contribution is 2.25. The van der Waals surface area contributed by atoms with Gasteiger partial charge in [-0.15, -0.1) is 0 Å². The minimum atomic E-state index is -1.05. The highest BCUT2D eigenvalue weighted by Gasteiger charge is 2.13. The van der Waals surface area contributed by atoms with Crippen molar-refractivity contribution in [3.8, 4) is 11.5 Å². The Balaban J connectivity index is 2.16. The summed E-state index contributed by atoms with van der Waals surface area (Å²) in [5.74, 6) is -0.226. The van der Waals surface area contributed by atoms with Crippen molar-refractivity contribution in [2.75, 3.05) is 6.61 Å². The molecule has 0 aliphatic heterocycles. The SMILES string of the molecule is CCOc1ccc(OCc2cccnc2)c(C(=O)O)c1. The van der Waals surface area contributed by atoms with E-state index in [9.17, 15) is 9.90 Å². The molecule has 1 heterocycles. The van der Waals surface area contributed by atoms with E-state index in [1.165, 1.54) is 6.07 Å². The zero-order valence-corrected chi connectivity index (χ0v) is 11.1. The molecular weight excluding hydrogens is 258 g/mol. The summed E-state index contributed by atoms with van der Waals surface area (Å²) < 4.78 is 10.8. The summed E-state index contributed by atoms with van der Waals surface area (Å²) in [4.78, 5) is 15.2. The van der Waals surface area contributed by atoms with E-state index in [4.69, 9.17) is 9.47 Å². The van der Waals surface area contributed by atoms with Crippen molar-refractivity contribution < 1.29 is 19.4 Å². The van der Waals surface area contributed by atoms with E-state index >= 15 is 0 Å². The lowest BCUT2D eigenvalue weighted by Gasteiger charge is -2.11. The van der Waals surface area contributed by atoms with Gasteiger partial charge in [-0.3, -0.25) is 4.98 Å². The molecule has 0 bridgehead atoms. The average molecular weight is 273 g/mol. The molecular formula is C15H15NO4. The lowest BCUT2D eigenvalue weighted by Crippen LogP contribution is -2.04. The van der Waals surface area contributed by atoms with Gasteiger partial charge < -0.3 is 14.6 Å². The number of nitrogens with zero attached hydrogens (tertiary/aromatic N) is 1. The van der Waals surface area contributed by atoms with Crippen LogP contribution in [0.5, 0.6) is 11.5 Å². The van der Waals surface area contributed by atoms with Crippen LogP contribution >= 0.6 is 0 Å². The van der Waals surface area contributed by atoms with Gasteiger partial charge in [0, 0.05) is 18.0 Å². The number of rotatable bonds is 6. The number of carboxylic acids is 1. The first-order valence-electron chi connectivity index (χ1n) is 6.22. The molecule has 0 unspecified atom stereocenters. The van der Waals surface area contributed by atoms with E-state index in [2.05, 4.69) is 4.98 Å². The molecule has 1 aromatic carbocycles. The largest absolute Gasteiger partial charge is 0.494 e. The van der Waals surface area contributed by atoms with Gasteiger partial charge in [0.15, 0.2) is 0 Å². The molecule has 0 fully saturated rings. The number of ether oxygens (including phenoxy) is 2. The quantitative estimate of drug-likeness (QED) is 0.876. The number of hydrogen-bond acceptors (Lipinski definition) is 4. The third kappa shape index (κ3) is 3.47. The van der Waals surface area contributed by atoms with Crippen LogP contribution in [0.2, 0.25) is 0 Å². The smallest absolute Gasteiger partial charge is 0.339 e. The molecule has 1 N–H and O–H groups in total. The first kappa shape index (κ1) is 13.9. The van der Waals surface area contributed by atoms with Crippen molar-refractivity contribution in [2.45, 2.75) is 13.5 Å². The van der Waals surface area contributed by atoms with Crippen LogP contribution < -0.4 is 9.47 Å². The normalized spacial score (nSPS) is 10.1. The average Bonchev–Trinajstić information content (AvgIpc) is 2.47. The Labute approximate surface area is 116 Å². The van der Waals surface area contributed by atoms with Gasteiger partial charge in [0.05, 0.1) is 6.61 Å². The van der Waals surface area contributed by atoms with E-state index in [0.29, 0.717) is 18.1 Å². The molecule has 0 amide bonds. The third-order valence-corrected chi connectivity index (χ3v) is 2.61. The molecule has 5 nitrogen and oxygen atoms in total. The minimum absolute atomic E-state index is 0.0832. The Morgan fingerprint density at radius 2 is 2.15 bits per heavy atom. The van der Waals surface area contributed by atoms with E-state index < -0.39 is 5.97 Å². The summed E-state index contributed by atoms with van der Waals surface area (Å²) in [5, 5.41) is 9.21. The molecule has 0 saturated carbocycles. The second-order valence-electron chi connectivity index (χ2n) is 4.05. The number of benzene rings is 1. The Hall–Kier alpha value is -2.56. The van der Waals surface area contributed by atoms with Gasteiger partial charge in [-0.05, 0) is 31.2 Å². The fourth-order valence-electron chi connectivity index (χ4n) is 1.70. The molecule has 0 atom stereocenters. The summed E-state index contributed by atoms with van der Waals surface area (Å²) in [6, 6.07) is 8.42. The number of pyridine rings is 1. The highest BCUT2D eigenvalue weighted by molar-refractivity contribution is 5.91. The molecule has 104 valence electrons. The van der Waals surface area contributed by atoms with Crippen LogP contribution in [0.15, 0.2) is 42.7 Å². The molecule has 2 aromatic rings. The molecule has 0 spiro atoms. The maximum atomic E-state index is 11.2. The first-order chi connectivity index (χ1) is 9.70. The number of carbonyl (C=O) groups is 1. The van der Waals surface area contributed by atoms with Crippen molar-refractivity contribution in [1.29, 1.82) is 0 Å². The van der Waals surface area contributed by atoms with Crippen molar-refractivity contribution in [3.63, 3.8) is 0 Å². The van der Waals surface area contributed by atoms with Crippen LogP contribution in [0.3, 0.4) is 0 Å². The number of carboxylic acid groups (broad SMARTS) is 1. The predicted molar refractivity (Wildman–Crippen MR) is 73.1 cm³/mol. The molecule has 0 aliphatic carbocycles. The van der Waals surface area contributed by atoms with Gasteiger partial charge in [-0.2, -0.15) is 0 Å². The summed E-state index contributed by atoms with van der Waals surface area (Å²) in [6.45, 7) is 2.59. The van der Waals surface area contributed by atoms with Gasteiger partial charge in [-0.1, -0.05) is 6.07 Å². The topological polar surface area (TPSA) is 68.7 Å². The summed E-state index contributed by atoms with van der Waals surface area (Å²) in [7, 11) is 0. The van der Waals surface area contributed by atoms with Crippen LogP contribution in [-0.2, 0) is 6.61 Å². The fraction of sp³-hybridized carbons (Fsp3) is 0.200. The van der Waals surface area contributed by atoms with Crippen LogP contribution in [0.25, 0.3) is 0 Å². The molecule has 0 aliphatic rings. The van der Waals surface area contributed by atoms with Crippen molar-refractivity contribution in [3.05, 3.63) is 53.9 Å².